The quantitative estimate of drug-likeness (QED) is 0.397. The second-order valence-electron chi connectivity index (χ2n) is 7.25. The van der Waals surface area contributed by atoms with Crippen LogP contribution in [0, 0.1) is 0 Å². The van der Waals surface area contributed by atoms with Gasteiger partial charge in [0.25, 0.3) is 0 Å². The lowest BCUT2D eigenvalue weighted by molar-refractivity contribution is 0.418. The molecule has 4 aromatic rings. The maximum Gasteiger partial charge on any atom is 0.128 e. The highest BCUT2D eigenvalue weighted by atomic mass is 31.1. The number of para-hydroxylation sites is 2. The maximum absolute atomic E-state index is 5.86. The van der Waals surface area contributed by atoms with Gasteiger partial charge in [0.1, 0.15) is 5.75 Å². The van der Waals surface area contributed by atoms with E-state index in [1.807, 2.05) is 7.11 Å². The second kappa shape index (κ2) is 7.02. The van der Waals surface area contributed by atoms with Gasteiger partial charge < -0.3 is 9.30 Å². The van der Waals surface area contributed by atoms with Gasteiger partial charge in [-0.05, 0) is 49.4 Å². The summed E-state index contributed by atoms with van der Waals surface area (Å²) in [6, 6.07) is 24.1. The molecule has 0 radical (unpaired) electrons. The molecule has 0 aliphatic carbocycles. The van der Waals surface area contributed by atoms with Crippen LogP contribution < -0.4 is 10.0 Å². The Hall–Kier alpha value is -2.31. The van der Waals surface area contributed by atoms with E-state index in [1.165, 1.54) is 64.4 Å². The third-order valence-corrected chi connectivity index (χ3v) is 8.48. The Morgan fingerprint density at radius 3 is 2.00 bits per heavy atom. The van der Waals surface area contributed by atoms with Gasteiger partial charge in [0.15, 0.2) is 0 Å². The summed E-state index contributed by atoms with van der Waals surface area (Å²) in [5, 5.41) is 4.08. The molecule has 0 N–H and O–H groups in total. The van der Waals surface area contributed by atoms with Gasteiger partial charge in [-0.3, -0.25) is 0 Å². The molecule has 1 aliphatic heterocycles. The first kappa shape index (κ1) is 16.8. The van der Waals surface area contributed by atoms with Gasteiger partial charge in [-0.25, -0.2) is 0 Å². The first-order valence-corrected chi connectivity index (χ1v) is 11.5. The molecule has 136 valence electrons. The van der Waals surface area contributed by atoms with Crippen LogP contribution in [0.1, 0.15) is 19.3 Å². The van der Waals surface area contributed by atoms with Gasteiger partial charge in [0.05, 0.1) is 23.8 Å². The SMILES string of the molecule is COc1cccc(-n2c3ccccc3c3ccccc32)c1P1CCCCC1. The average molecular weight is 373 g/mol. The molecule has 3 aromatic carbocycles. The monoisotopic (exact) mass is 373 g/mol. The molecule has 0 bridgehead atoms. The molecule has 0 unspecified atom stereocenters. The second-order valence-corrected chi connectivity index (χ2v) is 9.67. The van der Waals surface area contributed by atoms with Crippen LogP contribution in [0.25, 0.3) is 27.5 Å². The molecular weight excluding hydrogens is 349 g/mol. The standard InChI is InChI=1S/C24H24NOP/c1-26-23-15-9-14-22(24(23)27-16-7-2-8-17-27)25-20-12-5-3-10-18(20)19-11-4-6-13-21(19)25/h3-6,9-15H,2,7-8,16-17H2,1H3. The third kappa shape index (κ3) is 2.75. The largest absolute Gasteiger partial charge is 0.496 e. The van der Waals surface area contributed by atoms with E-state index >= 15 is 0 Å². The first-order valence-electron chi connectivity index (χ1n) is 9.79. The Morgan fingerprint density at radius 1 is 0.741 bits per heavy atom. The number of aromatic nitrogens is 1. The number of methoxy groups -OCH3 is 1. The number of nitrogens with zero attached hydrogens (tertiary/aromatic N) is 1. The Kier molecular flexibility index (Phi) is 4.38. The van der Waals surface area contributed by atoms with E-state index in [-0.39, 0.29) is 7.92 Å². The zero-order valence-corrected chi connectivity index (χ0v) is 16.6. The predicted molar refractivity (Wildman–Crippen MR) is 117 cm³/mol. The molecular formula is C24H24NOP. The lowest BCUT2D eigenvalue weighted by Gasteiger charge is -2.27. The van der Waals surface area contributed by atoms with Crippen molar-refractivity contribution in [1.29, 1.82) is 0 Å². The summed E-state index contributed by atoms with van der Waals surface area (Å²) in [6.07, 6.45) is 6.70. The van der Waals surface area contributed by atoms with Crippen molar-refractivity contribution in [2.75, 3.05) is 19.4 Å². The van der Waals surface area contributed by atoms with Gasteiger partial charge in [-0.2, -0.15) is 0 Å². The Balaban J connectivity index is 1.85. The normalized spacial score (nSPS) is 15.4. The zero-order valence-electron chi connectivity index (χ0n) is 15.7. The molecule has 2 heterocycles. The molecule has 1 fully saturated rings. The highest BCUT2D eigenvalue weighted by molar-refractivity contribution is 7.66. The molecule has 27 heavy (non-hydrogen) atoms. The number of hydrogen-bond acceptors (Lipinski definition) is 1. The van der Waals surface area contributed by atoms with E-state index < -0.39 is 0 Å². The van der Waals surface area contributed by atoms with Crippen LogP contribution in [0.3, 0.4) is 0 Å². The Labute approximate surface area is 161 Å². The van der Waals surface area contributed by atoms with Crippen molar-refractivity contribution in [3.8, 4) is 11.4 Å². The molecule has 0 spiro atoms. The fourth-order valence-electron chi connectivity index (χ4n) is 4.47. The van der Waals surface area contributed by atoms with Crippen molar-refractivity contribution < 1.29 is 4.74 Å². The number of fused-ring (bicyclic) bond motifs is 3. The van der Waals surface area contributed by atoms with Gasteiger partial charge in [0.2, 0.25) is 0 Å². The minimum absolute atomic E-state index is 0.176. The number of rotatable bonds is 3. The Morgan fingerprint density at radius 2 is 1.37 bits per heavy atom. The topological polar surface area (TPSA) is 14.2 Å². The smallest absolute Gasteiger partial charge is 0.128 e. The van der Waals surface area contributed by atoms with Crippen molar-refractivity contribution in [2.24, 2.45) is 0 Å². The molecule has 5 rings (SSSR count). The lowest BCUT2D eigenvalue weighted by Crippen LogP contribution is -2.18. The minimum Gasteiger partial charge on any atom is -0.496 e. The van der Waals surface area contributed by atoms with Crippen LogP contribution in [-0.2, 0) is 0 Å². The van der Waals surface area contributed by atoms with E-state index in [0.29, 0.717) is 0 Å². The van der Waals surface area contributed by atoms with Crippen LogP contribution in [0.15, 0.2) is 66.7 Å². The van der Waals surface area contributed by atoms with Crippen molar-refractivity contribution >= 4 is 35.0 Å². The summed E-state index contributed by atoms with van der Waals surface area (Å²) in [5.41, 5.74) is 3.86. The highest BCUT2D eigenvalue weighted by Crippen LogP contribution is 2.46. The van der Waals surface area contributed by atoms with E-state index in [1.54, 1.807) is 0 Å². The van der Waals surface area contributed by atoms with E-state index in [2.05, 4.69) is 71.3 Å². The molecule has 1 saturated heterocycles. The van der Waals surface area contributed by atoms with Gasteiger partial charge in [0, 0.05) is 16.1 Å². The lowest BCUT2D eigenvalue weighted by atomic mass is 10.2. The molecule has 2 nitrogen and oxygen atoms in total. The fourth-order valence-corrected chi connectivity index (χ4v) is 7.33. The number of hydrogen-bond donors (Lipinski definition) is 0. The van der Waals surface area contributed by atoms with Gasteiger partial charge >= 0.3 is 0 Å². The molecule has 0 amide bonds. The van der Waals surface area contributed by atoms with Crippen LogP contribution in [0.2, 0.25) is 0 Å². The van der Waals surface area contributed by atoms with Crippen molar-refractivity contribution in [3.05, 3.63) is 66.7 Å². The molecule has 0 atom stereocenters. The highest BCUT2D eigenvalue weighted by Gasteiger charge is 2.24. The third-order valence-electron chi connectivity index (χ3n) is 5.69. The van der Waals surface area contributed by atoms with Crippen molar-refractivity contribution in [1.82, 2.24) is 4.57 Å². The van der Waals surface area contributed by atoms with Gasteiger partial charge in [-0.15, -0.1) is 0 Å². The van der Waals surface area contributed by atoms with E-state index in [0.717, 1.165) is 5.75 Å². The summed E-state index contributed by atoms with van der Waals surface area (Å²) < 4.78 is 8.32. The molecule has 1 aromatic heterocycles. The predicted octanol–water partition coefficient (Wildman–Crippen LogP) is 6.08. The van der Waals surface area contributed by atoms with Crippen LogP contribution >= 0.6 is 7.92 Å². The Bertz CT molecular complexity index is 1050. The number of benzene rings is 3. The van der Waals surface area contributed by atoms with Crippen molar-refractivity contribution in [2.45, 2.75) is 19.3 Å². The first-order chi connectivity index (χ1) is 13.4. The van der Waals surface area contributed by atoms with Gasteiger partial charge in [-0.1, -0.05) is 56.8 Å². The summed E-state index contributed by atoms with van der Waals surface area (Å²) in [6.45, 7) is 0. The zero-order chi connectivity index (χ0) is 18.2. The average Bonchev–Trinajstić information content (AvgIpc) is 3.08. The molecule has 3 heteroatoms. The minimum atomic E-state index is -0.176. The fraction of sp³-hybridized carbons (Fsp3) is 0.250. The van der Waals surface area contributed by atoms with Crippen LogP contribution in [-0.4, -0.2) is 24.0 Å². The van der Waals surface area contributed by atoms with E-state index in [9.17, 15) is 0 Å². The van der Waals surface area contributed by atoms with Crippen molar-refractivity contribution in [3.63, 3.8) is 0 Å². The summed E-state index contributed by atoms with van der Waals surface area (Å²) >= 11 is 0. The summed E-state index contributed by atoms with van der Waals surface area (Å²) in [4.78, 5) is 0. The molecule has 1 aliphatic rings. The van der Waals surface area contributed by atoms with Crippen LogP contribution in [0.5, 0.6) is 5.75 Å². The van der Waals surface area contributed by atoms with Crippen LogP contribution in [0.4, 0.5) is 0 Å². The summed E-state index contributed by atoms with van der Waals surface area (Å²) in [7, 11) is 1.64. The number of ether oxygens (including phenoxy) is 1. The van der Waals surface area contributed by atoms with E-state index in [4.69, 9.17) is 4.74 Å². The molecule has 0 saturated carbocycles. The maximum atomic E-state index is 5.86. The summed E-state index contributed by atoms with van der Waals surface area (Å²) in [5.74, 6) is 1.06.